The zero-order valence-electron chi connectivity index (χ0n) is 6.85. The van der Waals surface area contributed by atoms with E-state index in [4.69, 9.17) is 5.26 Å². The highest BCUT2D eigenvalue weighted by Gasteiger charge is 2.08. The zero-order valence-corrected chi connectivity index (χ0v) is 6.85. The van der Waals surface area contributed by atoms with Gasteiger partial charge in [-0.2, -0.15) is 0 Å². The van der Waals surface area contributed by atoms with E-state index in [9.17, 15) is 10.1 Å². The minimum atomic E-state index is -0.497. The number of non-ortho nitro benzene ring substituents is 1. The summed E-state index contributed by atoms with van der Waals surface area (Å²) in [5.74, 6) is 0.341. The molecule has 0 spiro atoms. The van der Waals surface area contributed by atoms with Crippen LogP contribution in [0.3, 0.4) is 0 Å². The number of hydrogen-bond donors (Lipinski definition) is 0. The van der Waals surface area contributed by atoms with Crippen molar-refractivity contribution in [3.63, 3.8) is 0 Å². The second-order valence-corrected chi connectivity index (χ2v) is 2.40. The summed E-state index contributed by atoms with van der Waals surface area (Å²) in [5, 5.41) is 18.5. The average molecular weight is 178 g/mol. The van der Waals surface area contributed by atoms with E-state index in [2.05, 4.69) is 4.74 Å². The summed E-state index contributed by atoms with van der Waals surface area (Å²) in [4.78, 5) is 9.83. The van der Waals surface area contributed by atoms with Gasteiger partial charge in [0.1, 0.15) is 5.75 Å². The number of nitrogens with zero attached hydrogens (tertiary/aromatic N) is 2. The number of hydrogen-bond acceptors (Lipinski definition) is 4. The molecule has 5 heteroatoms. The minimum Gasteiger partial charge on any atom is -0.388 e. The van der Waals surface area contributed by atoms with Crippen LogP contribution in [0.4, 0.5) is 5.69 Å². The van der Waals surface area contributed by atoms with E-state index in [0.717, 1.165) is 0 Å². The van der Waals surface area contributed by atoms with Gasteiger partial charge in [-0.1, -0.05) is 0 Å². The van der Waals surface area contributed by atoms with Gasteiger partial charge in [0.25, 0.3) is 11.9 Å². The van der Waals surface area contributed by atoms with Crippen LogP contribution in [0.1, 0.15) is 5.56 Å². The summed E-state index contributed by atoms with van der Waals surface area (Å²) in [7, 11) is 0. The number of nitriles is 1. The molecular weight excluding hydrogens is 172 g/mol. The lowest BCUT2D eigenvalue weighted by molar-refractivity contribution is -0.384. The Balaban J connectivity index is 3.07. The van der Waals surface area contributed by atoms with Gasteiger partial charge < -0.3 is 4.74 Å². The third-order valence-electron chi connectivity index (χ3n) is 1.52. The van der Waals surface area contributed by atoms with Gasteiger partial charge in [-0.05, 0) is 18.6 Å². The van der Waals surface area contributed by atoms with Crippen LogP contribution in [-0.4, -0.2) is 4.92 Å². The molecule has 0 unspecified atom stereocenters. The second-order valence-electron chi connectivity index (χ2n) is 2.40. The molecule has 5 nitrogen and oxygen atoms in total. The summed E-state index contributed by atoms with van der Waals surface area (Å²) in [6.07, 6.45) is 1.50. The standard InChI is InChI=1S/C8H6N2O3/c1-6-4-7(10(11)12)2-3-8(6)13-5-9/h2-4H,1H3. The Bertz CT molecular complexity index is 381. The second kappa shape index (κ2) is 3.54. The summed E-state index contributed by atoms with van der Waals surface area (Å²) in [5.41, 5.74) is 0.554. The van der Waals surface area contributed by atoms with Crippen LogP contribution >= 0.6 is 0 Å². The summed E-state index contributed by atoms with van der Waals surface area (Å²) < 4.78 is 4.55. The lowest BCUT2D eigenvalue weighted by Gasteiger charge is -1.99. The fourth-order valence-electron chi connectivity index (χ4n) is 0.911. The Morgan fingerprint density at radius 1 is 1.62 bits per heavy atom. The summed E-state index contributed by atoms with van der Waals surface area (Å²) in [6.45, 7) is 1.64. The molecule has 0 aliphatic heterocycles. The highest BCUT2D eigenvalue weighted by molar-refractivity contribution is 5.43. The van der Waals surface area contributed by atoms with Crippen molar-refractivity contribution >= 4 is 5.69 Å². The van der Waals surface area contributed by atoms with Crippen molar-refractivity contribution in [2.75, 3.05) is 0 Å². The van der Waals surface area contributed by atoms with Crippen LogP contribution < -0.4 is 4.74 Å². The predicted molar refractivity (Wildman–Crippen MR) is 44.1 cm³/mol. The van der Waals surface area contributed by atoms with Gasteiger partial charge in [0.05, 0.1) is 4.92 Å². The number of ether oxygens (including phenoxy) is 1. The van der Waals surface area contributed by atoms with Gasteiger partial charge in [-0.3, -0.25) is 10.1 Å². The third-order valence-corrected chi connectivity index (χ3v) is 1.52. The topological polar surface area (TPSA) is 76.2 Å². The van der Waals surface area contributed by atoms with E-state index in [1.165, 1.54) is 24.5 Å². The van der Waals surface area contributed by atoms with Crippen LogP contribution in [0, 0.1) is 28.6 Å². The van der Waals surface area contributed by atoms with E-state index in [0.29, 0.717) is 11.3 Å². The molecule has 66 valence electrons. The maximum atomic E-state index is 10.3. The molecule has 0 saturated heterocycles. The minimum absolute atomic E-state index is 0.0113. The maximum Gasteiger partial charge on any atom is 0.292 e. The molecule has 1 aromatic rings. The van der Waals surface area contributed by atoms with Crippen LogP contribution in [-0.2, 0) is 0 Å². The van der Waals surface area contributed by atoms with Gasteiger partial charge >= 0.3 is 0 Å². The molecule has 0 atom stereocenters. The molecule has 0 amide bonds. The molecule has 0 saturated carbocycles. The number of nitro groups is 1. The lowest BCUT2D eigenvalue weighted by atomic mass is 10.2. The predicted octanol–water partition coefficient (Wildman–Crippen LogP) is 1.76. The number of rotatable bonds is 2. The molecule has 1 aromatic carbocycles. The van der Waals surface area contributed by atoms with E-state index in [-0.39, 0.29) is 5.69 Å². The Kier molecular flexibility index (Phi) is 2.45. The molecule has 0 heterocycles. The molecule has 0 aromatic heterocycles. The fourth-order valence-corrected chi connectivity index (χ4v) is 0.911. The molecule has 0 N–H and O–H groups in total. The van der Waals surface area contributed by atoms with E-state index in [1.807, 2.05) is 0 Å². The first-order valence-electron chi connectivity index (χ1n) is 3.46. The van der Waals surface area contributed by atoms with E-state index < -0.39 is 4.92 Å². The van der Waals surface area contributed by atoms with Crippen molar-refractivity contribution in [3.05, 3.63) is 33.9 Å². The molecule has 0 aliphatic rings. The molecule has 0 fully saturated rings. The zero-order chi connectivity index (χ0) is 9.84. The Morgan fingerprint density at radius 2 is 2.31 bits per heavy atom. The van der Waals surface area contributed by atoms with Crippen molar-refractivity contribution in [1.82, 2.24) is 0 Å². The first-order valence-corrected chi connectivity index (χ1v) is 3.46. The van der Waals surface area contributed by atoms with Crippen LogP contribution in [0.5, 0.6) is 5.75 Å². The highest BCUT2D eigenvalue weighted by Crippen LogP contribution is 2.22. The molecule has 0 bridgehead atoms. The Labute approximate surface area is 74.3 Å². The number of nitro benzene ring substituents is 1. The van der Waals surface area contributed by atoms with Crippen molar-refractivity contribution in [2.45, 2.75) is 6.92 Å². The lowest BCUT2D eigenvalue weighted by Crippen LogP contribution is -1.91. The normalized spacial score (nSPS) is 8.92. The van der Waals surface area contributed by atoms with Crippen LogP contribution in [0.2, 0.25) is 0 Å². The van der Waals surface area contributed by atoms with E-state index in [1.54, 1.807) is 6.92 Å². The smallest absolute Gasteiger partial charge is 0.292 e. The average Bonchev–Trinajstić information content (AvgIpc) is 2.08. The largest absolute Gasteiger partial charge is 0.388 e. The fraction of sp³-hybridized carbons (Fsp3) is 0.125. The van der Waals surface area contributed by atoms with Gasteiger partial charge in [0.2, 0.25) is 0 Å². The van der Waals surface area contributed by atoms with Crippen molar-refractivity contribution in [2.24, 2.45) is 0 Å². The monoisotopic (exact) mass is 178 g/mol. The van der Waals surface area contributed by atoms with Gasteiger partial charge in [-0.15, -0.1) is 5.26 Å². The van der Waals surface area contributed by atoms with Crippen LogP contribution in [0.15, 0.2) is 18.2 Å². The molecule has 1 rings (SSSR count). The Morgan fingerprint density at radius 3 is 2.77 bits per heavy atom. The Hall–Kier alpha value is -2.09. The van der Waals surface area contributed by atoms with Gasteiger partial charge in [0, 0.05) is 12.1 Å². The molecule has 0 aliphatic carbocycles. The quantitative estimate of drug-likeness (QED) is 0.392. The van der Waals surface area contributed by atoms with Crippen LogP contribution in [0.25, 0.3) is 0 Å². The summed E-state index contributed by atoms with van der Waals surface area (Å²) in [6, 6.07) is 4.04. The molecular formula is C8H6N2O3. The first-order chi connectivity index (χ1) is 6.15. The van der Waals surface area contributed by atoms with Crippen molar-refractivity contribution in [3.8, 4) is 12.0 Å². The van der Waals surface area contributed by atoms with Crippen molar-refractivity contribution < 1.29 is 9.66 Å². The van der Waals surface area contributed by atoms with Gasteiger partial charge in [-0.25, -0.2) is 0 Å². The maximum absolute atomic E-state index is 10.3. The highest BCUT2D eigenvalue weighted by atomic mass is 16.6. The van der Waals surface area contributed by atoms with Gasteiger partial charge in [0.15, 0.2) is 0 Å². The first kappa shape index (κ1) is 9.00. The van der Waals surface area contributed by atoms with E-state index >= 15 is 0 Å². The molecule has 0 radical (unpaired) electrons. The SMILES string of the molecule is Cc1cc([N+](=O)[O-])ccc1OC#N. The van der Waals surface area contributed by atoms with Crippen molar-refractivity contribution in [1.29, 1.82) is 5.26 Å². The number of aryl methyl sites for hydroxylation is 1. The summed E-state index contributed by atoms with van der Waals surface area (Å²) >= 11 is 0. The number of benzene rings is 1. The molecule has 13 heavy (non-hydrogen) atoms. The third kappa shape index (κ3) is 1.93.